The van der Waals surface area contributed by atoms with E-state index in [2.05, 4.69) is 15.0 Å². The number of halogens is 1. The van der Waals surface area contributed by atoms with E-state index in [1.807, 2.05) is 0 Å². The minimum atomic E-state index is -3.69. The van der Waals surface area contributed by atoms with Crippen LogP contribution in [0.15, 0.2) is 51.4 Å². The molecule has 0 aliphatic rings. The first-order valence-corrected chi connectivity index (χ1v) is 10.2. The quantitative estimate of drug-likeness (QED) is 0.669. The number of amides is 1. The van der Waals surface area contributed by atoms with Crippen molar-refractivity contribution in [2.75, 3.05) is 4.72 Å². The number of benzene rings is 1. The van der Waals surface area contributed by atoms with Gasteiger partial charge in [-0.25, -0.2) is 17.8 Å². The van der Waals surface area contributed by atoms with Crippen molar-refractivity contribution in [3.05, 3.63) is 64.2 Å². The lowest BCUT2D eigenvalue weighted by Gasteiger charge is -2.03. The number of nitrogens with one attached hydrogen (secondary N) is 2. The maximum Gasteiger partial charge on any atom is 0.273 e. The third-order valence-corrected chi connectivity index (χ3v) is 6.71. The van der Waals surface area contributed by atoms with Gasteiger partial charge in [0.15, 0.2) is 5.13 Å². The molecular weight excluding hydrogens is 385 g/mol. The van der Waals surface area contributed by atoms with E-state index in [0.717, 1.165) is 28.2 Å². The summed E-state index contributed by atoms with van der Waals surface area (Å²) < 4.78 is 39.6. The summed E-state index contributed by atoms with van der Waals surface area (Å²) >= 11 is 2.11. The summed E-state index contributed by atoms with van der Waals surface area (Å²) in [6.45, 7) is 0.215. The first kappa shape index (κ1) is 17.5. The van der Waals surface area contributed by atoms with Gasteiger partial charge in [-0.05, 0) is 29.1 Å². The van der Waals surface area contributed by atoms with Gasteiger partial charge in [0, 0.05) is 11.9 Å². The molecule has 0 atom stereocenters. The Morgan fingerprint density at radius 1 is 1.16 bits per heavy atom. The molecule has 0 spiro atoms. The van der Waals surface area contributed by atoms with E-state index in [9.17, 15) is 17.6 Å². The molecule has 0 unspecified atom stereocenters. The number of thiazole rings is 1. The van der Waals surface area contributed by atoms with Gasteiger partial charge >= 0.3 is 0 Å². The fourth-order valence-electron chi connectivity index (χ4n) is 1.88. The number of carbonyl (C=O) groups is 1. The average molecular weight is 397 g/mol. The van der Waals surface area contributed by atoms with Gasteiger partial charge in [0.05, 0.1) is 0 Å². The summed E-state index contributed by atoms with van der Waals surface area (Å²) in [6.07, 6.45) is 0. The van der Waals surface area contributed by atoms with Crippen molar-refractivity contribution >= 4 is 43.7 Å². The van der Waals surface area contributed by atoms with Crippen LogP contribution in [0.3, 0.4) is 0 Å². The van der Waals surface area contributed by atoms with Gasteiger partial charge in [0.25, 0.3) is 15.9 Å². The molecule has 2 aromatic heterocycles. The Bertz CT molecular complexity index is 967. The predicted molar refractivity (Wildman–Crippen MR) is 94.8 cm³/mol. The molecule has 2 heterocycles. The molecule has 130 valence electrons. The van der Waals surface area contributed by atoms with Crippen LogP contribution in [0.5, 0.6) is 0 Å². The highest BCUT2D eigenvalue weighted by molar-refractivity contribution is 7.94. The Balaban J connectivity index is 1.62. The standard InChI is InChI=1S/C15H12FN3O3S3/c16-11-5-3-10(4-6-11)8-17-14(20)12-9-24-15(18-12)19-25(21,22)13-2-1-7-23-13/h1-7,9H,8H2,(H,17,20)(H,18,19). The number of nitrogens with zero attached hydrogens (tertiary/aromatic N) is 1. The molecule has 1 amide bonds. The van der Waals surface area contributed by atoms with Crippen LogP contribution >= 0.6 is 22.7 Å². The van der Waals surface area contributed by atoms with E-state index in [0.29, 0.717) is 0 Å². The Morgan fingerprint density at radius 2 is 1.92 bits per heavy atom. The normalized spacial score (nSPS) is 11.2. The Hall–Kier alpha value is -2.30. The van der Waals surface area contributed by atoms with Gasteiger partial charge in [0.2, 0.25) is 0 Å². The number of carbonyl (C=O) groups excluding carboxylic acids is 1. The van der Waals surface area contributed by atoms with E-state index in [-0.39, 0.29) is 27.4 Å². The third-order valence-electron chi connectivity index (χ3n) is 3.08. The Kier molecular flexibility index (Phi) is 5.11. The maximum absolute atomic E-state index is 12.8. The summed E-state index contributed by atoms with van der Waals surface area (Å²) in [4.78, 5) is 16.1. The molecular formula is C15H12FN3O3S3. The van der Waals surface area contributed by atoms with Gasteiger partial charge in [-0.2, -0.15) is 0 Å². The number of aromatic nitrogens is 1. The molecule has 0 aliphatic carbocycles. The van der Waals surface area contributed by atoms with Crippen molar-refractivity contribution in [2.45, 2.75) is 10.8 Å². The van der Waals surface area contributed by atoms with E-state index in [1.54, 1.807) is 23.6 Å². The second kappa shape index (κ2) is 7.30. The van der Waals surface area contributed by atoms with E-state index in [1.165, 1.54) is 23.6 Å². The zero-order chi connectivity index (χ0) is 17.9. The number of hydrogen-bond donors (Lipinski definition) is 2. The molecule has 0 bridgehead atoms. The van der Waals surface area contributed by atoms with Crippen molar-refractivity contribution in [1.29, 1.82) is 0 Å². The summed E-state index contributed by atoms with van der Waals surface area (Å²) in [5, 5.41) is 5.88. The van der Waals surface area contributed by atoms with Gasteiger partial charge in [-0.3, -0.25) is 9.52 Å². The summed E-state index contributed by atoms with van der Waals surface area (Å²) in [6, 6.07) is 8.87. The van der Waals surface area contributed by atoms with Crippen LogP contribution in [-0.4, -0.2) is 19.3 Å². The van der Waals surface area contributed by atoms with Gasteiger partial charge in [-0.1, -0.05) is 18.2 Å². The molecule has 1 aromatic carbocycles. The molecule has 3 rings (SSSR count). The minimum Gasteiger partial charge on any atom is -0.347 e. The predicted octanol–water partition coefficient (Wildman–Crippen LogP) is 3.07. The second-order valence-corrected chi connectivity index (χ2v) is 8.60. The van der Waals surface area contributed by atoms with Crippen molar-refractivity contribution in [2.24, 2.45) is 0 Å². The summed E-state index contributed by atoms with van der Waals surface area (Å²) in [5.41, 5.74) is 0.847. The lowest BCUT2D eigenvalue weighted by Crippen LogP contribution is -2.23. The van der Waals surface area contributed by atoms with Crippen LogP contribution in [-0.2, 0) is 16.6 Å². The van der Waals surface area contributed by atoms with E-state index >= 15 is 0 Å². The van der Waals surface area contributed by atoms with E-state index < -0.39 is 15.9 Å². The van der Waals surface area contributed by atoms with Crippen molar-refractivity contribution in [1.82, 2.24) is 10.3 Å². The van der Waals surface area contributed by atoms with Gasteiger partial charge in [0.1, 0.15) is 15.7 Å². The molecule has 0 saturated carbocycles. The topological polar surface area (TPSA) is 88.2 Å². The lowest BCUT2D eigenvalue weighted by atomic mass is 10.2. The zero-order valence-corrected chi connectivity index (χ0v) is 15.1. The van der Waals surface area contributed by atoms with Gasteiger partial charge < -0.3 is 5.32 Å². The Morgan fingerprint density at radius 3 is 2.60 bits per heavy atom. The van der Waals surface area contributed by atoms with Crippen LogP contribution in [0, 0.1) is 5.82 Å². The monoisotopic (exact) mass is 397 g/mol. The number of anilines is 1. The lowest BCUT2D eigenvalue weighted by molar-refractivity contribution is 0.0946. The SMILES string of the molecule is O=C(NCc1ccc(F)cc1)c1csc(NS(=O)(=O)c2cccs2)n1. The number of rotatable bonds is 6. The molecule has 0 aliphatic heterocycles. The van der Waals surface area contributed by atoms with Crippen LogP contribution in [0.4, 0.5) is 9.52 Å². The second-order valence-electron chi connectivity index (χ2n) is 4.88. The molecule has 0 saturated heterocycles. The van der Waals surface area contributed by atoms with E-state index in [4.69, 9.17) is 0 Å². The van der Waals surface area contributed by atoms with Crippen LogP contribution in [0.25, 0.3) is 0 Å². The number of thiophene rings is 1. The highest BCUT2D eigenvalue weighted by atomic mass is 32.2. The van der Waals surface area contributed by atoms with Crippen LogP contribution in [0.1, 0.15) is 16.1 Å². The highest BCUT2D eigenvalue weighted by Crippen LogP contribution is 2.22. The smallest absolute Gasteiger partial charge is 0.273 e. The molecule has 0 fully saturated rings. The number of sulfonamides is 1. The Labute approximate surface area is 151 Å². The molecule has 25 heavy (non-hydrogen) atoms. The molecule has 0 radical (unpaired) electrons. The molecule has 2 N–H and O–H groups in total. The third kappa shape index (κ3) is 4.41. The van der Waals surface area contributed by atoms with Crippen LogP contribution in [0.2, 0.25) is 0 Å². The maximum atomic E-state index is 12.8. The zero-order valence-electron chi connectivity index (χ0n) is 12.6. The average Bonchev–Trinajstić information content (AvgIpc) is 3.25. The highest BCUT2D eigenvalue weighted by Gasteiger charge is 2.18. The molecule has 3 aromatic rings. The molecule has 6 nitrogen and oxygen atoms in total. The summed E-state index contributed by atoms with van der Waals surface area (Å²) in [7, 11) is -3.69. The van der Waals surface area contributed by atoms with Crippen molar-refractivity contribution in [3.8, 4) is 0 Å². The number of hydrogen-bond acceptors (Lipinski definition) is 6. The largest absolute Gasteiger partial charge is 0.347 e. The summed E-state index contributed by atoms with van der Waals surface area (Å²) in [5.74, 6) is -0.792. The van der Waals surface area contributed by atoms with Gasteiger partial charge in [-0.15, -0.1) is 22.7 Å². The van der Waals surface area contributed by atoms with Crippen LogP contribution < -0.4 is 10.0 Å². The minimum absolute atomic E-state index is 0.107. The first-order chi connectivity index (χ1) is 11.9. The molecule has 10 heteroatoms. The van der Waals surface area contributed by atoms with Crippen molar-refractivity contribution in [3.63, 3.8) is 0 Å². The fourth-order valence-corrected chi connectivity index (χ4v) is 4.82. The van der Waals surface area contributed by atoms with Crippen molar-refractivity contribution < 1.29 is 17.6 Å². The first-order valence-electron chi connectivity index (χ1n) is 6.98. The fraction of sp³-hybridized carbons (Fsp3) is 0.0667.